The highest BCUT2D eigenvalue weighted by molar-refractivity contribution is 7.89. The van der Waals surface area contributed by atoms with Gasteiger partial charge in [0.05, 0.1) is 11.3 Å². The maximum atomic E-state index is 12.6. The van der Waals surface area contributed by atoms with Gasteiger partial charge in [0, 0.05) is 18.3 Å². The van der Waals surface area contributed by atoms with Crippen molar-refractivity contribution in [3.63, 3.8) is 0 Å². The van der Waals surface area contributed by atoms with Crippen LogP contribution < -0.4 is 19.5 Å². The molecule has 0 spiro atoms. The largest absolute Gasteiger partial charge is 0.454 e. The molecule has 1 heterocycles. The second-order valence-electron chi connectivity index (χ2n) is 7.56. The molecule has 2 aromatic rings. The summed E-state index contributed by atoms with van der Waals surface area (Å²) in [7, 11) is -3.78. The van der Waals surface area contributed by atoms with Crippen molar-refractivity contribution in [2.45, 2.75) is 45.1 Å². The molecule has 9 nitrogen and oxygen atoms in total. The van der Waals surface area contributed by atoms with Crippen LogP contribution in [-0.4, -0.2) is 39.7 Å². The normalized spacial score (nSPS) is 13.5. The third-order valence-electron chi connectivity index (χ3n) is 4.81. The van der Waals surface area contributed by atoms with Gasteiger partial charge in [0.25, 0.3) is 5.91 Å². The first-order valence-electron chi connectivity index (χ1n) is 10.0. The third-order valence-corrected chi connectivity index (χ3v) is 6.58. The zero-order chi connectivity index (χ0) is 23.5. The van der Waals surface area contributed by atoms with Gasteiger partial charge in [-0.05, 0) is 51.0 Å². The molecule has 1 aliphatic heterocycles. The number of ether oxygens (including phenoxy) is 3. The van der Waals surface area contributed by atoms with Crippen molar-refractivity contribution in [1.82, 2.24) is 4.72 Å². The van der Waals surface area contributed by atoms with Crippen LogP contribution in [0.3, 0.4) is 0 Å². The predicted molar refractivity (Wildman–Crippen MR) is 117 cm³/mol. The molecule has 1 aliphatic rings. The highest BCUT2D eigenvalue weighted by Crippen LogP contribution is 2.34. The topological polar surface area (TPSA) is 120 Å². The lowest BCUT2D eigenvalue weighted by molar-refractivity contribution is -0.152. The van der Waals surface area contributed by atoms with E-state index in [9.17, 15) is 18.0 Å². The van der Waals surface area contributed by atoms with E-state index in [1.165, 1.54) is 6.92 Å². The fraction of sp³-hybridized carbons (Fsp3) is 0.364. The lowest BCUT2D eigenvalue weighted by Gasteiger charge is -2.15. The van der Waals surface area contributed by atoms with Crippen molar-refractivity contribution in [3.05, 3.63) is 47.0 Å². The molecular weight excluding hydrogens is 436 g/mol. The molecule has 10 heteroatoms. The summed E-state index contributed by atoms with van der Waals surface area (Å²) in [4.78, 5) is 24.6. The summed E-state index contributed by atoms with van der Waals surface area (Å²) in [5.41, 5.74) is 2.70. The number of carbonyl (C=O) groups excluding carboxylic acids is 2. The Labute approximate surface area is 187 Å². The quantitative estimate of drug-likeness (QED) is 0.579. The highest BCUT2D eigenvalue weighted by atomic mass is 32.2. The van der Waals surface area contributed by atoms with E-state index in [0.717, 1.165) is 5.56 Å². The Hall–Kier alpha value is -3.11. The first-order valence-corrected chi connectivity index (χ1v) is 11.5. The minimum Gasteiger partial charge on any atom is -0.454 e. The number of anilines is 1. The van der Waals surface area contributed by atoms with E-state index in [4.69, 9.17) is 14.2 Å². The monoisotopic (exact) mass is 462 g/mol. The number of aryl methyl sites for hydroxylation is 3. The molecule has 0 aromatic heterocycles. The molecule has 0 saturated heterocycles. The Morgan fingerprint density at radius 3 is 2.41 bits per heavy atom. The van der Waals surface area contributed by atoms with Gasteiger partial charge >= 0.3 is 5.97 Å². The first kappa shape index (κ1) is 23.6. The van der Waals surface area contributed by atoms with Crippen LogP contribution in [0.5, 0.6) is 11.5 Å². The Morgan fingerprint density at radius 2 is 1.72 bits per heavy atom. The van der Waals surface area contributed by atoms with Crippen LogP contribution in [0.4, 0.5) is 5.69 Å². The van der Waals surface area contributed by atoms with E-state index in [2.05, 4.69) is 10.0 Å². The summed E-state index contributed by atoms with van der Waals surface area (Å²) in [6, 6.07) is 8.49. The lowest BCUT2D eigenvalue weighted by atomic mass is 10.1. The number of carbonyl (C=O) groups is 2. The lowest BCUT2D eigenvalue weighted by Crippen LogP contribution is -2.32. The maximum absolute atomic E-state index is 12.6. The van der Waals surface area contributed by atoms with Crippen LogP contribution >= 0.6 is 0 Å². The zero-order valence-electron chi connectivity index (χ0n) is 18.4. The minimum atomic E-state index is -3.78. The van der Waals surface area contributed by atoms with E-state index in [1.54, 1.807) is 44.2 Å². The van der Waals surface area contributed by atoms with Crippen molar-refractivity contribution in [3.8, 4) is 11.5 Å². The molecule has 1 atom stereocenters. The zero-order valence-corrected chi connectivity index (χ0v) is 19.2. The summed E-state index contributed by atoms with van der Waals surface area (Å²) >= 11 is 0. The van der Waals surface area contributed by atoms with E-state index in [-0.39, 0.29) is 24.7 Å². The van der Waals surface area contributed by atoms with Crippen molar-refractivity contribution in [2.24, 2.45) is 0 Å². The number of esters is 1. The predicted octanol–water partition coefficient (Wildman–Crippen LogP) is 2.58. The van der Waals surface area contributed by atoms with Gasteiger partial charge in [-0.1, -0.05) is 17.7 Å². The van der Waals surface area contributed by atoms with Gasteiger partial charge in [0.2, 0.25) is 16.8 Å². The molecule has 2 aromatic carbocycles. The van der Waals surface area contributed by atoms with Crippen LogP contribution in [-0.2, 0) is 24.3 Å². The minimum absolute atomic E-state index is 0.119. The molecule has 0 aliphatic carbocycles. The van der Waals surface area contributed by atoms with Gasteiger partial charge < -0.3 is 19.5 Å². The summed E-state index contributed by atoms with van der Waals surface area (Å²) in [5.74, 6) is -0.123. The van der Waals surface area contributed by atoms with Gasteiger partial charge in [-0.2, -0.15) is 0 Å². The van der Waals surface area contributed by atoms with Crippen molar-refractivity contribution in [2.75, 3.05) is 18.7 Å². The van der Waals surface area contributed by atoms with Crippen LogP contribution in [0.2, 0.25) is 0 Å². The van der Waals surface area contributed by atoms with Crippen molar-refractivity contribution < 1.29 is 32.2 Å². The Bertz CT molecular complexity index is 1120. The Balaban J connectivity index is 1.49. The average molecular weight is 463 g/mol. The molecule has 172 valence electrons. The van der Waals surface area contributed by atoms with Gasteiger partial charge in [0.1, 0.15) is 0 Å². The third kappa shape index (κ3) is 5.57. The van der Waals surface area contributed by atoms with Gasteiger partial charge in [-0.15, -0.1) is 0 Å². The number of sulfonamides is 1. The average Bonchev–Trinajstić information content (AvgIpc) is 3.14. The molecule has 32 heavy (non-hydrogen) atoms. The molecule has 0 saturated carbocycles. The number of hydrogen-bond acceptors (Lipinski definition) is 7. The number of hydrogen-bond donors (Lipinski definition) is 2. The summed E-state index contributed by atoms with van der Waals surface area (Å²) in [6.45, 7) is 6.75. The Kier molecular flexibility index (Phi) is 7.05. The number of benzene rings is 2. The fourth-order valence-corrected chi connectivity index (χ4v) is 4.96. The Morgan fingerprint density at radius 1 is 1.06 bits per heavy atom. The van der Waals surface area contributed by atoms with Crippen LogP contribution in [0.15, 0.2) is 35.2 Å². The summed E-state index contributed by atoms with van der Waals surface area (Å²) < 4.78 is 43.3. The maximum Gasteiger partial charge on any atom is 0.307 e. The fourth-order valence-electron chi connectivity index (χ4n) is 3.48. The smallest absolute Gasteiger partial charge is 0.307 e. The van der Waals surface area contributed by atoms with Crippen LogP contribution in [0, 0.1) is 20.8 Å². The molecule has 0 radical (unpaired) electrons. The number of fused-ring (bicyclic) bond motifs is 1. The summed E-state index contributed by atoms with van der Waals surface area (Å²) in [5, 5.41) is 2.63. The number of amides is 1. The van der Waals surface area contributed by atoms with Gasteiger partial charge in [0.15, 0.2) is 17.6 Å². The highest BCUT2D eigenvalue weighted by Gasteiger charge is 2.22. The van der Waals surface area contributed by atoms with E-state index in [1.807, 2.05) is 6.92 Å². The van der Waals surface area contributed by atoms with E-state index < -0.39 is 28.0 Å². The van der Waals surface area contributed by atoms with Crippen molar-refractivity contribution in [1.29, 1.82) is 0 Å². The van der Waals surface area contributed by atoms with Gasteiger partial charge in [-0.25, -0.2) is 13.1 Å². The van der Waals surface area contributed by atoms with Crippen LogP contribution in [0.1, 0.15) is 30.0 Å². The molecule has 0 unspecified atom stereocenters. The summed E-state index contributed by atoms with van der Waals surface area (Å²) in [6.07, 6.45) is -1.28. The molecule has 2 N–H and O–H groups in total. The van der Waals surface area contributed by atoms with E-state index in [0.29, 0.717) is 28.3 Å². The molecule has 3 rings (SSSR count). The molecule has 0 fully saturated rings. The molecule has 0 bridgehead atoms. The van der Waals surface area contributed by atoms with Gasteiger partial charge in [-0.3, -0.25) is 9.59 Å². The second-order valence-corrected chi connectivity index (χ2v) is 9.27. The SMILES string of the molecule is Cc1cc(C)c(S(=O)(=O)NCCC(=O)O[C@H](C)C(=O)Nc2ccc3c(c2)OCO3)c(C)c1. The number of rotatable bonds is 8. The standard InChI is InChI=1S/C22H26N2O7S/c1-13-9-14(2)21(15(3)10-13)32(27,28)23-8-7-20(25)31-16(4)22(26)24-17-5-6-18-19(11-17)30-12-29-18/h5-6,9-11,16,23H,7-8,12H2,1-4H3,(H,24,26)/t16-/m1/s1. The second kappa shape index (κ2) is 9.58. The number of nitrogens with one attached hydrogen (secondary N) is 2. The van der Waals surface area contributed by atoms with E-state index >= 15 is 0 Å². The van der Waals surface area contributed by atoms with Crippen molar-refractivity contribution >= 4 is 27.6 Å². The molecular formula is C22H26N2O7S. The molecule has 1 amide bonds. The first-order chi connectivity index (χ1) is 15.1. The van der Waals surface area contributed by atoms with Crippen LogP contribution in [0.25, 0.3) is 0 Å².